The third-order valence-electron chi connectivity index (χ3n) is 9.90. The maximum atomic E-state index is 13.8. The molecule has 0 unspecified atom stereocenters. The minimum Gasteiger partial charge on any atom is -0.356 e. The average molecular weight is 891 g/mol. The number of hydrogen-bond donors (Lipinski definition) is 2. The van der Waals surface area contributed by atoms with E-state index in [0.29, 0.717) is 53.1 Å². The summed E-state index contributed by atoms with van der Waals surface area (Å²) in [6.07, 6.45) is 5.76. The molecule has 2 aliphatic heterocycles. The number of halogens is 8. The van der Waals surface area contributed by atoms with Gasteiger partial charge in [0.2, 0.25) is 0 Å². The number of benzene rings is 4. The van der Waals surface area contributed by atoms with E-state index in [0.717, 1.165) is 59.4 Å². The highest BCUT2D eigenvalue weighted by molar-refractivity contribution is 6.42. The zero-order valence-electron chi connectivity index (χ0n) is 30.3. The summed E-state index contributed by atoms with van der Waals surface area (Å²) in [7, 11) is 0. The molecule has 2 fully saturated rings. The first-order valence-corrected chi connectivity index (χ1v) is 19.9. The van der Waals surface area contributed by atoms with Crippen LogP contribution in [0.3, 0.4) is 0 Å². The third kappa shape index (κ3) is 9.45. The van der Waals surface area contributed by atoms with Crippen LogP contribution >= 0.6 is 58.0 Å². The summed E-state index contributed by atoms with van der Waals surface area (Å²) in [6, 6.07) is 14.8. The molecule has 0 bridgehead atoms. The largest absolute Gasteiger partial charge is 0.356 e. The van der Waals surface area contributed by atoms with E-state index in [1.165, 1.54) is 18.5 Å². The van der Waals surface area contributed by atoms with Crippen LogP contribution in [0.5, 0.6) is 0 Å². The van der Waals surface area contributed by atoms with E-state index in [4.69, 9.17) is 58.0 Å². The van der Waals surface area contributed by atoms with E-state index in [1.807, 2.05) is 24.3 Å². The number of amides is 2. The highest BCUT2D eigenvalue weighted by Crippen LogP contribution is 2.31. The van der Waals surface area contributed by atoms with Crippen molar-refractivity contribution in [1.29, 1.82) is 0 Å². The summed E-state index contributed by atoms with van der Waals surface area (Å²) in [4.78, 5) is 46.6. The SMILES string of the molecule is O=C(NC1CCN(c2ncnc3cc(Cl)ccc23)CC1)c1c(Cl)cc(Cl)cc1Cl.O=C(NC1CCN(c2ncnc3cc(Cl)ccc23)CC1)c1cc(F)c(F)cc1F. The molecule has 0 aliphatic carbocycles. The van der Waals surface area contributed by atoms with Crippen LogP contribution in [0.1, 0.15) is 46.4 Å². The van der Waals surface area contributed by atoms with Crippen LogP contribution in [0.25, 0.3) is 21.8 Å². The van der Waals surface area contributed by atoms with E-state index in [1.54, 1.807) is 18.5 Å². The predicted molar refractivity (Wildman–Crippen MR) is 222 cm³/mol. The Bertz CT molecular complexity index is 2500. The second kappa shape index (κ2) is 18.1. The van der Waals surface area contributed by atoms with E-state index >= 15 is 0 Å². The van der Waals surface area contributed by atoms with Crippen LogP contribution in [0.2, 0.25) is 25.1 Å². The number of piperidine rings is 2. The monoisotopic (exact) mass is 888 g/mol. The highest BCUT2D eigenvalue weighted by atomic mass is 35.5. The molecule has 300 valence electrons. The molecule has 6 aromatic rings. The van der Waals surface area contributed by atoms with Crippen LogP contribution in [0.4, 0.5) is 24.8 Å². The van der Waals surface area contributed by atoms with E-state index in [-0.39, 0.29) is 33.6 Å². The second-order valence-electron chi connectivity index (χ2n) is 13.7. The molecule has 4 heterocycles. The zero-order chi connectivity index (χ0) is 41.1. The lowest BCUT2D eigenvalue weighted by Gasteiger charge is -2.33. The van der Waals surface area contributed by atoms with Crippen LogP contribution in [0, 0.1) is 17.5 Å². The van der Waals surface area contributed by atoms with Gasteiger partial charge in [-0.1, -0.05) is 58.0 Å². The number of nitrogens with zero attached hydrogens (tertiary/aromatic N) is 6. The topological polar surface area (TPSA) is 116 Å². The summed E-state index contributed by atoms with van der Waals surface area (Å²) in [5, 5.41) is 9.66. The van der Waals surface area contributed by atoms with Crippen molar-refractivity contribution in [3.8, 4) is 0 Å². The molecule has 2 amide bonds. The van der Waals surface area contributed by atoms with Gasteiger partial charge in [-0.05, 0) is 80.3 Å². The fourth-order valence-electron chi connectivity index (χ4n) is 6.98. The van der Waals surface area contributed by atoms with Gasteiger partial charge in [0.15, 0.2) is 11.6 Å². The molecule has 18 heteroatoms. The normalized spacial score (nSPS) is 15.0. The van der Waals surface area contributed by atoms with Crippen molar-refractivity contribution in [3.63, 3.8) is 0 Å². The van der Waals surface area contributed by atoms with Crippen LogP contribution in [-0.4, -0.2) is 70.0 Å². The summed E-state index contributed by atoms with van der Waals surface area (Å²) < 4.78 is 40.2. The van der Waals surface area contributed by atoms with Crippen molar-refractivity contribution in [1.82, 2.24) is 30.6 Å². The van der Waals surface area contributed by atoms with Gasteiger partial charge in [0.25, 0.3) is 11.8 Å². The lowest BCUT2D eigenvalue weighted by atomic mass is 10.0. The van der Waals surface area contributed by atoms with E-state index in [9.17, 15) is 22.8 Å². The average Bonchev–Trinajstić information content (AvgIpc) is 3.19. The Kier molecular flexibility index (Phi) is 12.9. The summed E-state index contributed by atoms with van der Waals surface area (Å²) in [5.74, 6) is -3.08. The number of aromatic nitrogens is 4. The maximum Gasteiger partial charge on any atom is 0.254 e. The van der Waals surface area contributed by atoms with Crippen molar-refractivity contribution in [2.45, 2.75) is 37.8 Å². The van der Waals surface area contributed by atoms with Gasteiger partial charge in [-0.15, -0.1) is 0 Å². The van der Waals surface area contributed by atoms with Gasteiger partial charge in [0.05, 0.1) is 32.2 Å². The number of rotatable bonds is 6. The first-order valence-electron chi connectivity index (χ1n) is 18.1. The second-order valence-corrected chi connectivity index (χ2v) is 15.8. The van der Waals surface area contributed by atoms with Crippen molar-refractivity contribution in [2.75, 3.05) is 36.0 Å². The van der Waals surface area contributed by atoms with Crippen molar-refractivity contribution >= 4 is 103 Å². The molecule has 0 atom stereocenters. The van der Waals surface area contributed by atoms with Crippen LogP contribution < -0.4 is 20.4 Å². The van der Waals surface area contributed by atoms with Crippen molar-refractivity contribution in [3.05, 3.63) is 127 Å². The minimum atomic E-state index is -1.33. The Balaban J connectivity index is 0.000000177. The Morgan fingerprint density at radius 2 is 1.00 bits per heavy atom. The van der Waals surface area contributed by atoms with E-state index in [2.05, 4.69) is 40.4 Å². The van der Waals surface area contributed by atoms with Gasteiger partial charge in [-0.3, -0.25) is 9.59 Å². The van der Waals surface area contributed by atoms with Gasteiger partial charge in [0, 0.05) is 70.2 Å². The number of fused-ring (bicyclic) bond motifs is 2. The number of nitrogens with one attached hydrogen (secondary N) is 2. The molecule has 2 N–H and O–H groups in total. The Hall–Kier alpha value is -4.66. The third-order valence-corrected chi connectivity index (χ3v) is 11.2. The van der Waals surface area contributed by atoms with Crippen LogP contribution in [0.15, 0.2) is 73.3 Å². The molecule has 2 aromatic heterocycles. The Labute approximate surface area is 355 Å². The minimum absolute atomic E-state index is 0.0177. The first kappa shape index (κ1) is 41.5. The highest BCUT2D eigenvalue weighted by Gasteiger charge is 2.27. The van der Waals surface area contributed by atoms with Gasteiger partial charge >= 0.3 is 0 Å². The fourth-order valence-corrected chi connectivity index (χ4v) is 8.30. The molecule has 8 rings (SSSR count). The Morgan fingerprint density at radius 1 is 0.552 bits per heavy atom. The molecule has 0 saturated carbocycles. The van der Waals surface area contributed by atoms with E-state index < -0.39 is 28.9 Å². The lowest BCUT2D eigenvalue weighted by Crippen LogP contribution is -2.45. The predicted octanol–water partition coefficient (Wildman–Crippen LogP) is 9.74. The van der Waals surface area contributed by atoms with Crippen molar-refractivity contribution < 1.29 is 22.8 Å². The van der Waals surface area contributed by atoms with Gasteiger partial charge in [0.1, 0.15) is 30.1 Å². The molecule has 10 nitrogen and oxygen atoms in total. The first-order chi connectivity index (χ1) is 27.8. The number of carbonyl (C=O) groups is 2. The lowest BCUT2D eigenvalue weighted by molar-refractivity contribution is 0.0920. The standard InChI is InChI=1S/C20H16Cl4N4O.C20H16ClF3N4O/c21-11-1-2-14-17(9-11)25-10-26-19(14)28-5-3-13(4-6-28)27-20(29)18-15(23)7-12(22)8-16(18)24;21-11-1-2-13-18(7-11)25-10-26-19(13)28-5-3-12(4-6-28)27-20(29)14-8-16(23)17(24)9-15(14)22/h1-2,7-10,13H,3-6H2,(H,27,29);1-2,7-10,12H,3-6H2,(H,27,29). The molecule has 0 spiro atoms. The van der Waals surface area contributed by atoms with Gasteiger partial charge in [-0.2, -0.15) is 0 Å². The quantitative estimate of drug-likeness (QED) is 0.159. The summed E-state index contributed by atoms with van der Waals surface area (Å²) >= 11 is 30.3. The summed E-state index contributed by atoms with van der Waals surface area (Å²) in [6.45, 7) is 2.73. The Morgan fingerprint density at radius 3 is 1.48 bits per heavy atom. The molecular formula is C40H32Cl5F3N8O2. The molecule has 0 radical (unpaired) electrons. The molecular weight excluding hydrogens is 859 g/mol. The maximum absolute atomic E-state index is 13.8. The fraction of sp³-hybridized carbons (Fsp3) is 0.250. The van der Waals surface area contributed by atoms with Crippen molar-refractivity contribution in [2.24, 2.45) is 0 Å². The number of anilines is 2. The van der Waals surface area contributed by atoms with Gasteiger partial charge in [-0.25, -0.2) is 33.1 Å². The molecule has 58 heavy (non-hydrogen) atoms. The molecule has 2 aliphatic rings. The summed E-state index contributed by atoms with van der Waals surface area (Å²) in [5.41, 5.74) is 1.29. The smallest absolute Gasteiger partial charge is 0.254 e. The number of carbonyl (C=O) groups excluding carboxylic acids is 2. The van der Waals surface area contributed by atoms with Gasteiger partial charge < -0.3 is 20.4 Å². The molecule has 2 saturated heterocycles. The van der Waals surface area contributed by atoms with Crippen LogP contribution in [-0.2, 0) is 0 Å². The number of hydrogen-bond acceptors (Lipinski definition) is 8. The molecule has 4 aromatic carbocycles. The zero-order valence-corrected chi connectivity index (χ0v) is 34.0.